The zero-order chi connectivity index (χ0) is 12.3. The van der Waals surface area contributed by atoms with Crippen LogP contribution in [-0.4, -0.2) is 13.5 Å². The largest absolute Gasteiger partial charge is 0.507 e. The molecular formula is C13H12O3S. The fraction of sp³-hybridized carbons (Fsp3) is 0.0769. The third kappa shape index (κ3) is 2.65. The molecule has 1 N–H and O–H groups in total. The van der Waals surface area contributed by atoms with Crippen molar-refractivity contribution in [1.29, 1.82) is 0 Å². The highest BCUT2D eigenvalue weighted by Gasteiger charge is 2.18. The lowest BCUT2D eigenvalue weighted by Crippen LogP contribution is -2.05. The van der Waals surface area contributed by atoms with Gasteiger partial charge in [-0.25, -0.2) is 8.42 Å². The summed E-state index contributed by atoms with van der Waals surface area (Å²) in [4.78, 5) is -0.0242. The van der Waals surface area contributed by atoms with E-state index in [4.69, 9.17) is 0 Å². The van der Waals surface area contributed by atoms with Gasteiger partial charge in [-0.3, -0.25) is 0 Å². The Morgan fingerprint density at radius 3 is 2.12 bits per heavy atom. The van der Waals surface area contributed by atoms with E-state index in [1.807, 2.05) is 6.07 Å². The number of sulfone groups is 1. The highest BCUT2D eigenvalue weighted by atomic mass is 32.2. The number of phenols is 1. The van der Waals surface area contributed by atoms with Crippen LogP contribution in [0.25, 0.3) is 0 Å². The first-order valence-electron chi connectivity index (χ1n) is 5.14. The molecule has 0 radical (unpaired) electrons. The lowest BCUT2D eigenvalue weighted by Gasteiger charge is -2.06. The summed E-state index contributed by atoms with van der Waals surface area (Å²) >= 11 is 0. The minimum Gasteiger partial charge on any atom is -0.507 e. The molecule has 0 aromatic heterocycles. The summed E-state index contributed by atoms with van der Waals surface area (Å²) < 4.78 is 24.1. The average Bonchev–Trinajstić information content (AvgIpc) is 2.30. The molecule has 0 amide bonds. The maximum atomic E-state index is 12.1. The molecule has 0 saturated heterocycles. The van der Waals surface area contributed by atoms with Gasteiger partial charge in [-0.1, -0.05) is 42.5 Å². The molecule has 0 aliphatic heterocycles. The van der Waals surface area contributed by atoms with Crippen LogP contribution >= 0.6 is 0 Å². The van der Waals surface area contributed by atoms with Crippen LogP contribution in [0.1, 0.15) is 5.56 Å². The quantitative estimate of drug-likeness (QED) is 0.907. The van der Waals surface area contributed by atoms with Gasteiger partial charge in [-0.2, -0.15) is 0 Å². The third-order valence-electron chi connectivity index (χ3n) is 2.40. The van der Waals surface area contributed by atoms with Crippen LogP contribution in [0, 0.1) is 0 Å². The Morgan fingerprint density at radius 1 is 0.882 bits per heavy atom. The summed E-state index contributed by atoms with van der Waals surface area (Å²) in [6, 6.07) is 14.9. The number of rotatable bonds is 3. The van der Waals surface area contributed by atoms with E-state index < -0.39 is 9.84 Å². The Bertz CT molecular complexity index is 604. The number of aromatic hydroxyl groups is 1. The summed E-state index contributed by atoms with van der Waals surface area (Å²) in [5.41, 5.74) is 0.704. The van der Waals surface area contributed by atoms with E-state index in [2.05, 4.69) is 0 Å². The van der Waals surface area contributed by atoms with Gasteiger partial charge in [0.15, 0.2) is 9.84 Å². The lowest BCUT2D eigenvalue weighted by atomic mass is 10.2. The van der Waals surface area contributed by atoms with Crippen LogP contribution in [0.4, 0.5) is 0 Å². The van der Waals surface area contributed by atoms with Gasteiger partial charge in [0.2, 0.25) is 0 Å². The highest BCUT2D eigenvalue weighted by molar-refractivity contribution is 7.90. The number of benzene rings is 2. The second-order valence-electron chi connectivity index (χ2n) is 3.71. The predicted octanol–water partition coefficient (Wildman–Crippen LogP) is 2.37. The second kappa shape index (κ2) is 4.59. The maximum Gasteiger partial charge on any atom is 0.186 e. The molecule has 2 aromatic rings. The number of hydrogen-bond acceptors (Lipinski definition) is 3. The molecule has 0 fully saturated rings. The normalized spacial score (nSPS) is 11.3. The van der Waals surface area contributed by atoms with Crippen LogP contribution in [0.15, 0.2) is 59.5 Å². The van der Waals surface area contributed by atoms with Gasteiger partial charge in [-0.05, 0) is 17.7 Å². The predicted molar refractivity (Wildman–Crippen MR) is 65.4 cm³/mol. The SMILES string of the molecule is O=S(=O)(Cc1ccccc1)c1ccccc1O. The minimum atomic E-state index is -3.49. The van der Waals surface area contributed by atoms with Crippen molar-refractivity contribution in [2.75, 3.05) is 0 Å². The Hall–Kier alpha value is -1.81. The molecule has 0 aliphatic carbocycles. The van der Waals surface area contributed by atoms with Crippen LogP contribution < -0.4 is 0 Å². The molecule has 0 bridgehead atoms. The van der Waals surface area contributed by atoms with Gasteiger partial charge in [-0.15, -0.1) is 0 Å². The van der Waals surface area contributed by atoms with Gasteiger partial charge in [0.05, 0.1) is 5.75 Å². The van der Waals surface area contributed by atoms with Crippen molar-refractivity contribution in [2.45, 2.75) is 10.6 Å². The van der Waals surface area contributed by atoms with E-state index in [0.717, 1.165) is 0 Å². The number of para-hydroxylation sites is 1. The van der Waals surface area contributed by atoms with E-state index >= 15 is 0 Å². The Kier molecular flexibility index (Phi) is 3.15. The van der Waals surface area contributed by atoms with E-state index in [1.54, 1.807) is 36.4 Å². The molecule has 0 spiro atoms. The molecule has 88 valence electrons. The first-order valence-corrected chi connectivity index (χ1v) is 6.79. The van der Waals surface area contributed by atoms with Crippen molar-refractivity contribution in [1.82, 2.24) is 0 Å². The fourth-order valence-corrected chi connectivity index (χ4v) is 3.05. The number of hydrogen-bond donors (Lipinski definition) is 1. The minimum absolute atomic E-state index is 0.0242. The van der Waals surface area contributed by atoms with E-state index in [1.165, 1.54) is 12.1 Å². The summed E-state index contributed by atoms with van der Waals surface area (Å²) in [5.74, 6) is -0.311. The third-order valence-corrected chi connectivity index (χ3v) is 4.13. The summed E-state index contributed by atoms with van der Waals surface area (Å²) in [6.07, 6.45) is 0. The van der Waals surface area contributed by atoms with Gasteiger partial charge in [0.25, 0.3) is 0 Å². The summed E-state index contributed by atoms with van der Waals surface area (Å²) in [6.45, 7) is 0. The second-order valence-corrected chi connectivity index (χ2v) is 5.67. The highest BCUT2D eigenvalue weighted by Crippen LogP contribution is 2.24. The zero-order valence-electron chi connectivity index (χ0n) is 9.08. The van der Waals surface area contributed by atoms with Gasteiger partial charge < -0.3 is 5.11 Å². The van der Waals surface area contributed by atoms with Gasteiger partial charge >= 0.3 is 0 Å². The van der Waals surface area contributed by atoms with Crippen LogP contribution in [0.5, 0.6) is 5.75 Å². The average molecular weight is 248 g/mol. The maximum absolute atomic E-state index is 12.1. The van der Waals surface area contributed by atoms with E-state index in [9.17, 15) is 13.5 Å². The van der Waals surface area contributed by atoms with Gasteiger partial charge in [0.1, 0.15) is 10.6 Å². The first kappa shape index (κ1) is 11.7. The Balaban J connectivity index is 2.36. The van der Waals surface area contributed by atoms with E-state index in [-0.39, 0.29) is 16.4 Å². The molecular weight excluding hydrogens is 236 g/mol. The van der Waals surface area contributed by atoms with Gasteiger partial charge in [0, 0.05) is 0 Å². The number of phenolic OH excluding ortho intramolecular Hbond substituents is 1. The molecule has 0 atom stereocenters. The standard InChI is InChI=1S/C13H12O3S/c14-12-8-4-5-9-13(12)17(15,16)10-11-6-2-1-3-7-11/h1-9,14H,10H2. The molecule has 0 heterocycles. The van der Waals surface area contributed by atoms with Crippen molar-refractivity contribution in [2.24, 2.45) is 0 Å². The fourth-order valence-electron chi connectivity index (χ4n) is 1.59. The smallest absolute Gasteiger partial charge is 0.186 e. The molecule has 0 saturated carbocycles. The lowest BCUT2D eigenvalue weighted by molar-refractivity contribution is 0.458. The molecule has 0 aliphatic rings. The van der Waals surface area contributed by atoms with Crippen LogP contribution in [0.3, 0.4) is 0 Å². The zero-order valence-corrected chi connectivity index (χ0v) is 9.89. The van der Waals surface area contributed by atoms with Crippen molar-refractivity contribution in [3.05, 3.63) is 60.2 Å². The molecule has 2 aromatic carbocycles. The van der Waals surface area contributed by atoms with Crippen molar-refractivity contribution >= 4 is 9.84 Å². The van der Waals surface area contributed by atoms with Crippen molar-refractivity contribution in [3.8, 4) is 5.75 Å². The molecule has 3 nitrogen and oxygen atoms in total. The molecule has 2 rings (SSSR count). The molecule has 0 unspecified atom stereocenters. The first-order chi connectivity index (χ1) is 8.09. The van der Waals surface area contributed by atoms with Crippen molar-refractivity contribution < 1.29 is 13.5 Å². The Labute approximate surface area is 100 Å². The summed E-state index contributed by atoms with van der Waals surface area (Å²) in [5, 5.41) is 9.54. The molecule has 17 heavy (non-hydrogen) atoms. The Morgan fingerprint density at radius 2 is 1.47 bits per heavy atom. The monoisotopic (exact) mass is 248 g/mol. The van der Waals surface area contributed by atoms with Crippen LogP contribution in [0.2, 0.25) is 0 Å². The summed E-state index contributed by atoms with van der Waals surface area (Å²) in [7, 11) is -3.49. The molecule has 4 heteroatoms. The van der Waals surface area contributed by atoms with Crippen LogP contribution in [-0.2, 0) is 15.6 Å². The van der Waals surface area contributed by atoms with Crippen molar-refractivity contribution in [3.63, 3.8) is 0 Å². The topological polar surface area (TPSA) is 54.4 Å². The van der Waals surface area contributed by atoms with E-state index in [0.29, 0.717) is 5.56 Å².